The summed E-state index contributed by atoms with van der Waals surface area (Å²) in [7, 11) is 0. The number of hydrogen-bond acceptors (Lipinski definition) is 5. The van der Waals surface area contributed by atoms with E-state index < -0.39 is 35.9 Å². The van der Waals surface area contributed by atoms with E-state index >= 15 is 0 Å². The zero-order valence-electron chi connectivity index (χ0n) is 16.1. The van der Waals surface area contributed by atoms with Crippen LogP contribution in [0.4, 0.5) is 4.79 Å². The number of hydrogen-bond donors (Lipinski definition) is 3. The minimum atomic E-state index is -1.31. The van der Waals surface area contributed by atoms with Gasteiger partial charge in [0.25, 0.3) is 0 Å². The molecule has 0 radical (unpaired) electrons. The molecule has 0 aromatic heterocycles. The zero-order valence-corrected chi connectivity index (χ0v) is 16.1. The third kappa shape index (κ3) is 7.03. The van der Waals surface area contributed by atoms with E-state index in [0.717, 1.165) is 5.56 Å². The van der Waals surface area contributed by atoms with E-state index in [-0.39, 0.29) is 5.92 Å². The summed E-state index contributed by atoms with van der Waals surface area (Å²) in [4.78, 5) is 12.2. The average molecular weight is 362 g/mol. The van der Waals surface area contributed by atoms with Crippen molar-refractivity contribution in [3.63, 3.8) is 0 Å². The molecule has 1 aromatic carbocycles. The normalized spacial score (nSPS) is 16.3. The summed E-state index contributed by atoms with van der Waals surface area (Å²) in [5.41, 5.74) is 0.204. The standard InChI is InChI=1S/C20H30N2O4/c1-13(2)15(12-21)17(23)18(24)16(11-14-9-7-6-8-10-14)22-19(25)26-20(3,4)5/h6-10,13,15-18,23-24H,11H2,1-5H3,(H,22,25)/t15-,16-,17-,18-/m0/s1. The van der Waals surface area contributed by atoms with Crippen LogP contribution in [0.3, 0.4) is 0 Å². The molecule has 6 nitrogen and oxygen atoms in total. The fourth-order valence-electron chi connectivity index (χ4n) is 2.65. The number of amides is 1. The lowest BCUT2D eigenvalue weighted by molar-refractivity contribution is -0.0349. The van der Waals surface area contributed by atoms with Crippen molar-refractivity contribution in [2.45, 2.75) is 64.9 Å². The van der Waals surface area contributed by atoms with Crippen LogP contribution in [0.2, 0.25) is 0 Å². The van der Waals surface area contributed by atoms with E-state index in [1.165, 1.54) is 0 Å². The molecule has 0 heterocycles. The molecule has 0 saturated heterocycles. The molecule has 26 heavy (non-hydrogen) atoms. The van der Waals surface area contributed by atoms with Gasteiger partial charge in [-0.05, 0) is 38.7 Å². The Kier molecular flexibility index (Phi) is 8.07. The summed E-state index contributed by atoms with van der Waals surface area (Å²) in [5, 5.41) is 33.1. The van der Waals surface area contributed by atoms with Crippen molar-refractivity contribution < 1.29 is 19.7 Å². The predicted octanol–water partition coefficient (Wildman–Crippen LogP) is 2.64. The zero-order chi connectivity index (χ0) is 19.9. The number of nitrogens with zero attached hydrogens (tertiary/aromatic N) is 1. The molecular formula is C20H30N2O4. The van der Waals surface area contributed by atoms with Gasteiger partial charge in [-0.15, -0.1) is 0 Å². The highest BCUT2D eigenvalue weighted by atomic mass is 16.6. The average Bonchev–Trinajstić information content (AvgIpc) is 2.53. The van der Waals surface area contributed by atoms with Gasteiger partial charge < -0.3 is 20.3 Å². The summed E-state index contributed by atoms with van der Waals surface area (Å²) in [6.07, 6.45) is -2.98. The molecular weight excluding hydrogens is 332 g/mol. The van der Waals surface area contributed by atoms with Crippen LogP contribution in [-0.4, -0.2) is 40.2 Å². The van der Waals surface area contributed by atoms with Crippen LogP contribution >= 0.6 is 0 Å². The lowest BCUT2D eigenvalue weighted by Gasteiger charge is -2.32. The van der Waals surface area contributed by atoms with Gasteiger partial charge in [0.2, 0.25) is 0 Å². The van der Waals surface area contributed by atoms with E-state index in [9.17, 15) is 20.3 Å². The second-order valence-electron chi connectivity index (χ2n) is 7.82. The van der Waals surface area contributed by atoms with Crippen LogP contribution in [0.15, 0.2) is 30.3 Å². The van der Waals surface area contributed by atoms with E-state index in [1.807, 2.05) is 36.4 Å². The highest BCUT2D eigenvalue weighted by Gasteiger charge is 2.35. The molecule has 3 N–H and O–H groups in total. The number of benzene rings is 1. The molecule has 1 amide bonds. The minimum absolute atomic E-state index is 0.136. The Bertz CT molecular complexity index is 604. The third-order valence-corrected chi connectivity index (χ3v) is 4.00. The van der Waals surface area contributed by atoms with Crippen LogP contribution in [0.5, 0.6) is 0 Å². The molecule has 0 aliphatic heterocycles. The fraction of sp³-hybridized carbons (Fsp3) is 0.600. The maximum Gasteiger partial charge on any atom is 0.407 e. The SMILES string of the molecule is CC(C)[C@H](C#N)[C@H](O)[C@@H](O)[C@H](Cc1ccccc1)NC(=O)OC(C)(C)C. The lowest BCUT2D eigenvalue weighted by atomic mass is 9.85. The number of ether oxygens (including phenoxy) is 1. The van der Waals surface area contributed by atoms with Gasteiger partial charge in [0.15, 0.2) is 0 Å². The Labute approximate surface area is 155 Å². The summed E-state index contributed by atoms with van der Waals surface area (Å²) < 4.78 is 5.26. The van der Waals surface area contributed by atoms with E-state index in [0.29, 0.717) is 6.42 Å². The highest BCUT2D eigenvalue weighted by molar-refractivity contribution is 5.68. The second kappa shape index (κ2) is 9.56. The largest absolute Gasteiger partial charge is 0.444 e. The molecule has 144 valence electrons. The first kappa shape index (κ1) is 21.9. The highest BCUT2D eigenvalue weighted by Crippen LogP contribution is 2.20. The fourth-order valence-corrected chi connectivity index (χ4v) is 2.65. The molecule has 6 heteroatoms. The second-order valence-corrected chi connectivity index (χ2v) is 7.82. The molecule has 0 fully saturated rings. The molecule has 0 unspecified atom stereocenters. The van der Waals surface area contributed by atoms with Crippen LogP contribution in [-0.2, 0) is 11.2 Å². The van der Waals surface area contributed by atoms with Gasteiger partial charge in [0.05, 0.1) is 24.1 Å². The molecule has 4 atom stereocenters. The number of aliphatic hydroxyl groups is 2. The number of carbonyl (C=O) groups excluding carboxylic acids is 1. The monoisotopic (exact) mass is 362 g/mol. The molecule has 0 spiro atoms. The Hall–Kier alpha value is -2.10. The summed E-state index contributed by atoms with van der Waals surface area (Å²) in [6, 6.07) is 10.6. The molecule has 1 rings (SSSR count). The summed E-state index contributed by atoms with van der Waals surface area (Å²) in [5.74, 6) is -0.882. The van der Waals surface area contributed by atoms with Crippen molar-refractivity contribution in [2.24, 2.45) is 11.8 Å². The van der Waals surface area contributed by atoms with Crippen LogP contribution in [0.25, 0.3) is 0 Å². The van der Waals surface area contributed by atoms with Gasteiger partial charge in [0, 0.05) is 0 Å². The van der Waals surface area contributed by atoms with Gasteiger partial charge in [-0.2, -0.15) is 5.26 Å². The van der Waals surface area contributed by atoms with Gasteiger partial charge in [-0.1, -0.05) is 44.2 Å². The van der Waals surface area contributed by atoms with E-state index in [1.54, 1.807) is 34.6 Å². The van der Waals surface area contributed by atoms with Crippen LogP contribution in [0.1, 0.15) is 40.2 Å². The van der Waals surface area contributed by atoms with Crippen LogP contribution in [0, 0.1) is 23.2 Å². The van der Waals surface area contributed by atoms with Gasteiger partial charge in [-0.25, -0.2) is 4.79 Å². The first-order chi connectivity index (χ1) is 12.0. The molecule has 0 aliphatic rings. The minimum Gasteiger partial charge on any atom is -0.444 e. The predicted molar refractivity (Wildman–Crippen MR) is 99.3 cm³/mol. The quantitative estimate of drug-likeness (QED) is 0.692. The van der Waals surface area contributed by atoms with Crippen molar-refractivity contribution in [1.82, 2.24) is 5.32 Å². The smallest absolute Gasteiger partial charge is 0.407 e. The van der Waals surface area contributed by atoms with Crippen molar-refractivity contribution in [1.29, 1.82) is 5.26 Å². The van der Waals surface area contributed by atoms with Crippen molar-refractivity contribution >= 4 is 6.09 Å². The number of rotatable bonds is 7. The number of nitrogens with one attached hydrogen (secondary N) is 1. The molecule has 0 saturated carbocycles. The maximum absolute atomic E-state index is 12.2. The third-order valence-electron chi connectivity index (χ3n) is 4.00. The number of aliphatic hydroxyl groups excluding tert-OH is 2. The van der Waals surface area contributed by atoms with Crippen molar-refractivity contribution in [3.05, 3.63) is 35.9 Å². The Morgan fingerprint density at radius 3 is 2.23 bits per heavy atom. The van der Waals surface area contributed by atoms with Gasteiger partial charge in [-0.3, -0.25) is 0 Å². The Morgan fingerprint density at radius 2 is 1.77 bits per heavy atom. The summed E-state index contributed by atoms with van der Waals surface area (Å²) in [6.45, 7) is 8.84. The molecule has 1 aromatic rings. The number of nitriles is 1. The van der Waals surface area contributed by atoms with Gasteiger partial charge >= 0.3 is 6.09 Å². The van der Waals surface area contributed by atoms with E-state index in [4.69, 9.17) is 4.74 Å². The Morgan fingerprint density at radius 1 is 1.19 bits per heavy atom. The lowest BCUT2D eigenvalue weighted by Crippen LogP contribution is -2.53. The topological polar surface area (TPSA) is 103 Å². The van der Waals surface area contributed by atoms with Crippen molar-refractivity contribution in [3.8, 4) is 6.07 Å². The summed E-state index contributed by atoms with van der Waals surface area (Å²) >= 11 is 0. The number of alkyl carbamates (subject to hydrolysis) is 1. The van der Waals surface area contributed by atoms with Crippen LogP contribution < -0.4 is 5.32 Å². The molecule has 0 aliphatic carbocycles. The molecule has 0 bridgehead atoms. The first-order valence-electron chi connectivity index (χ1n) is 8.84. The maximum atomic E-state index is 12.2. The van der Waals surface area contributed by atoms with Gasteiger partial charge in [0.1, 0.15) is 11.7 Å². The number of carbonyl (C=O) groups is 1. The van der Waals surface area contributed by atoms with E-state index in [2.05, 4.69) is 5.32 Å². The Balaban J connectivity index is 2.98. The first-order valence-corrected chi connectivity index (χ1v) is 8.84. The van der Waals surface area contributed by atoms with Crippen molar-refractivity contribution in [2.75, 3.05) is 0 Å².